The summed E-state index contributed by atoms with van der Waals surface area (Å²) in [5, 5.41) is 24.1. The van der Waals surface area contributed by atoms with Crippen molar-refractivity contribution in [1.82, 2.24) is 24.8 Å². The number of alkyl halides is 1. The van der Waals surface area contributed by atoms with Crippen molar-refractivity contribution in [2.24, 2.45) is 0 Å². The van der Waals surface area contributed by atoms with E-state index in [1.807, 2.05) is 6.07 Å². The Labute approximate surface area is 148 Å². The van der Waals surface area contributed by atoms with E-state index in [0.29, 0.717) is 42.5 Å². The van der Waals surface area contributed by atoms with Crippen molar-refractivity contribution in [2.45, 2.75) is 31.9 Å². The lowest BCUT2D eigenvalue weighted by Gasteiger charge is -2.06. The van der Waals surface area contributed by atoms with Crippen molar-refractivity contribution < 1.29 is 19.0 Å². The Morgan fingerprint density at radius 1 is 1.46 bits per heavy atom. The number of halogens is 1. The number of aliphatic hydroxyl groups is 1. The smallest absolute Gasteiger partial charge is 0.158 e. The highest BCUT2D eigenvalue weighted by molar-refractivity contribution is 5.72. The van der Waals surface area contributed by atoms with E-state index in [1.165, 1.54) is 0 Å². The first-order chi connectivity index (χ1) is 12.7. The number of methoxy groups -OCH3 is 1. The molecule has 0 bridgehead atoms. The molecule has 26 heavy (non-hydrogen) atoms. The Bertz CT molecular complexity index is 911. The van der Waals surface area contributed by atoms with Gasteiger partial charge in [-0.05, 0) is 6.07 Å². The van der Waals surface area contributed by atoms with E-state index in [-0.39, 0.29) is 11.8 Å². The molecule has 138 valence electrons. The Kier molecular flexibility index (Phi) is 4.53. The minimum Gasteiger partial charge on any atom is -0.391 e. The summed E-state index contributed by atoms with van der Waals surface area (Å²) >= 11 is 0. The van der Waals surface area contributed by atoms with E-state index < -0.39 is 12.8 Å². The molecule has 9 nitrogen and oxygen atoms in total. The summed E-state index contributed by atoms with van der Waals surface area (Å²) in [6.45, 7) is -0.0467. The zero-order valence-corrected chi connectivity index (χ0v) is 14.1. The van der Waals surface area contributed by atoms with Crippen LogP contribution in [0.15, 0.2) is 18.3 Å². The number of rotatable bonds is 6. The number of H-pyrrole nitrogens is 1. The fourth-order valence-electron chi connectivity index (χ4n) is 2.98. The SMILES string of the molecule is COCc1cc2c(Nc3cc([C@H]4C[C@@H](O)CO4)[nH]n3)nc(CF)cn2n1. The molecular weight excluding hydrogens is 343 g/mol. The summed E-state index contributed by atoms with van der Waals surface area (Å²) in [6.07, 6.45) is 1.38. The molecule has 0 aromatic carbocycles. The lowest BCUT2D eigenvalue weighted by molar-refractivity contribution is 0.0868. The molecule has 0 saturated carbocycles. The average Bonchev–Trinajstić information content (AvgIpc) is 3.34. The lowest BCUT2D eigenvalue weighted by Crippen LogP contribution is -2.03. The maximum absolute atomic E-state index is 13.2. The highest BCUT2D eigenvalue weighted by atomic mass is 19.1. The van der Waals surface area contributed by atoms with Crippen molar-refractivity contribution in [1.29, 1.82) is 0 Å². The maximum Gasteiger partial charge on any atom is 0.158 e. The van der Waals surface area contributed by atoms with Crippen LogP contribution >= 0.6 is 0 Å². The summed E-state index contributed by atoms with van der Waals surface area (Å²) in [5.74, 6) is 0.963. The van der Waals surface area contributed by atoms with Crippen LogP contribution in [-0.4, -0.2) is 49.7 Å². The number of fused-ring (bicyclic) bond motifs is 1. The second-order valence-electron chi connectivity index (χ2n) is 6.16. The second-order valence-corrected chi connectivity index (χ2v) is 6.16. The van der Waals surface area contributed by atoms with E-state index >= 15 is 0 Å². The molecule has 0 aliphatic carbocycles. The van der Waals surface area contributed by atoms with E-state index in [1.54, 1.807) is 23.9 Å². The van der Waals surface area contributed by atoms with Crippen LogP contribution in [-0.2, 0) is 22.8 Å². The lowest BCUT2D eigenvalue weighted by atomic mass is 10.1. The standard InChI is InChI=1S/C16H19FN6O3/c1-25-7-9-2-13-16(18-10(5-17)6-23(13)22-9)19-15-4-12(20-21-15)14-3-11(24)8-26-14/h2,4,6,11,14,24H,3,5,7-8H2,1H3,(H2,18,19,20,21)/t11-,14-/m1/s1. The number of nitrogens with one attached hydrogen (secondary N) is 2. The van der Waals surface area contributed by atoms with E-state index in [0.717, 1.165) is 5.69 Å². The average molecular weight is 362 g/mol. The van der Waals surface area contributed by atoms with Crippen LogP contribution < -0.4 is 5.32 Å². The van der Waals surface area contributed by atoms with Crippen molar-refractivity contribution in [2.75, 3.05) is 19.0 Å². The molecular formula is C16H19FN6O3. The number of ether oxygens (including phenoxy) is 2. The van der Waals surface area contributed by atoms with Crippen LogP contribution in [0, 0.1) is 0 Å². The first-order valence-corrected chi connectivity index (χ1v) is 8.21. The molecule has 1 fully saturated rings. The number of hydrogen-bond donors (Lipinski definition) is 3. The van der Waals surface area contributed by atoms with Crippen LogP contribution in [0.1, 0.15) is 29.6 Å². The Morgan fingerprint density at radius 2 is 2.35 bits per heavy atom. The van der Waals surface area contributed by atoms with Crippen LogP contribution in [0.25, 0.3) is 5.52 Å². The number of anilines is 2. The van der Waals surface area contributed by atoms with Gasteiger partial charge < -0.3 is 19.9 Å². The van der Waals surface area contributed by atoms with Crippen LogP contribution in [0.4, 0.5) is 16.0 Å². The molecule has 1 saturated heterocycles. The van der Waals surface area contributed by atoms with Gasteiger partial charge in [0.1, 0.15) is 18.3 Å². The van der Waals surface area contributed by atoms with Gasteiger partial charge >= 0.3 is 0 Å². The van der Waals surface area contributed by atoms with Gasteiger partial charge in [0, 0.05) is 19.6 Å². The third-order valence-corrected chi connectivity index (χ3v) is 4.15. The molecule has 10 heteroatoms. The third kappa shape index (κ3) is 3.26. The number of nitrogens with zero attached hydrogens (tertiary/aromatic N) is 4. The topological polar surface area (TPSA) is 110 Å². The van der Waals surface area contributed by atoms with E-state index in [2.05, 4.69) is 25.6 Å². The van der Waals surface area contributed by atoms with E-state index in [9.17, 15) is 9.50 Å². The van der Waals surface area contributed by atoms with Crippen molar-refractivity contribution in [3.8, 4) is 0 Å². The summed E-state index contributed by atoms with van der Waals surface area (Å²) in [7, 11) is 1.59. The number of aromatic amines is 1. The zero-order valence-electron chi connectivity index (χ0n) is 14.1. The number of hydrogen-bond acceptors (Lipinski definition) is 7. The summed E-state index contributed by atoms with van der Waals surface area (Å²) in [5.41, 5.74) is 2.41. The minimum atomic E-state index is -0.705. The van der Waals surface area contributed by atoms with Gasteiger partial charge in [0.15, 0.2) is 11.6 Å². The van der Waals surface area contributed by atoms with Crippen LogP contribution in [0.3, 0.4) is 0 Å². The Balaban J connectivity index is 1.62. The molecule has 1 aliphatic heterocycles. The zero-order chi connectivity index (χ0) is 18.1. The van der Waals surface area contributed by atoms with Gasteiger partial charge in [-0.2, -0.15) is 10.2 Å². The van der Waals surface area contributed by atoms with Gasteiger partial charge in [0.25, 0.3) is 0 Å². The third-order valence-electron chi connectivity index (χ3n) is 4.15. The van der Waals surface area contributed by atoms with Gasteiger partial charge in [-0.3, -0.25) is 5.10 Å². The molecule has 0 amide bonds. The van der Waals surface area contributed by atoms with E-state index in [4.69, 9.17) is 9.47 Å². The van der Waals surface area contributed by atoms with Gasteiger partial charge in [-0.25, -0.2) is 13.9 Å². The first kappa shape index (κ1) is 16.9. The molecule has 0 spiro atoms. The summed E-state index contributed by atoms with van der Waals surface area (Å²) in [6, 6.07) is 3.61. The quantitative estimate of drug-likeness (QED) is 0.611. The highest BCUT2D eigenvalue weighted by Crippen LogP contribution is 2.29. The molecule has 3 aromatic heterocycles. The molecule has 4 heterocycles. The molecule has 0 unspecified atom stereocenters. The normalized spacial score (nSPS) is 20.1. The fourth-order valence-corrected chi connectivity index (χ4v) is 2.98. The van der Waals surface area contributed by atoms with Gasteiger partial charge in [0.2, 0.25) is 0 Å². The number of aromatic nitrogens is 5. The molecule has 1 aliphatic rings. The second kappa shape index (κ2) is 6.98. The Morgan fingerprint density at radius 3 is 3.08 bits per heavy atom. The monoisotopic (exact) mass is 362 g/mol. The van der Waals surface area contributed by atoms with Gasteiger partial charge in [0.05, 0.1) is 42.6 Å². The molecule has 4 rings (SSSR count). The molecule has 3 N–H and O–H groups in total. The van der Waals surface area contributed by atoms with Crippen molar-refractivity contribution in [3.05, 3.63) is 35.4 Å². The van der Waals surface area contributed by atoms with Crippen molar-refractivity contribution in [3.63, 3.8) is 0 Å². The first-order valence-electron chi connectivity index (χ1n) is 8.21. The van der Waals surface area contributed by atoms with Crippen LogP contribution in [0.5, 0.6) is 0 Å². The molecule has 0 radical (unpaired) electrons. The summed E-state index contributed by atoms with van der Waals surface area (Å²) in [4.78, 5) is 4.29. The fraction of sp³-hybridized carbons (Fsp3) is 0.438. The maximum atomic E-state index is 13.2. The summed E-state index contributed by atoms with van der Waals surface area (Å²) < 4.78 is 25.3. The van der Waals surface area contributed by atoms with Crippen LogP contribution in [0.2, 0.25) is 0 Å². The highest BCUT2D eigenvalue weighted by Gasteiger charge is 2.26. The Hall–Kier alpha value is -2.56. The van der Waals surface area contributed by atoms with Gasteiger partial charge in [-0.1, -0.05) is 0 Å². The van der Waals surface area contributed by atoms with Gasteiger partial charge in [-0.15, -0.1) is 0 Å². The predicted octanol–water partition coefficient (Wildman–Crippen LogP) is 1.63. The van der Waals surface area contributed by atoms with Crippen molar-refractivity contribution >= 4 is 17.2 Å². The minimum absolute atomic E-state index is 0.221. The largest absolute Gasteiger partial charge is 0.391 e. The predicted molar refractivity (Wildman–Crippen MR) is 89.7 cm³/mol. The molecule has 2 atom stereocenters. The number of aliphatic hydroxyl groups excluding tert-OH is 1. The molecule has 3 aromatic rings.